The van der Waals surface area contributed by atoms with Crippen LogP contribution in [0.5, 0.6) is 23.0 Å². The third kappa shape index (κ3) is 14.6. The normalized spacial score (nSPS) is 25.2. The number of hydrogen-bond donors (Lipinski definition) is 4. The van der Waals surface area contributed by atoms with Gasteiger partial charge in [0.1, 0.15) is 17.8 Å². The number of methoxy groups -OCH3 is 2. The van der Waals surface area contributed by atoms with Crippen molar-refractivity contribution in [2.75, 3.05) is 20.8 Å². The summed E-state index contributed by atoms with van der Waals surface area (Å²) in [4.78, 5) is 112. The number of allylic oxidation sites excluding steroid dienone is 2. The molecular formula is C72H77NO20. The number of rotatable bonds is 25. The average molecular weight is 1280 g/mol. The number of ketones is 3. The van der Waals surface area contributed by atoms with Crippen molar-refractivity contribution in [3.05, 3.63) is 179 Å². The zero-order valence-electron chi connectivity index (χ0n) is 53.0. The smallest absolute Gasteiger partial charge is 0.350 e. The van der Waals surface area contributed by atoms with E-state index in [4.69, 9.17) is 42.6 Å². The van der Waals surface area contributed by atoms with Gasteiger partial charge in [-0.2, -0.15) is 0 Å². The zero-order chi connectivity index (χ0) is 67.0. The second kappa shape index (κ2) is 28.8. The molecule has 0 amide bonds. The van der Waals surface area contributed by atoms with Crippen LogP contribution in [-0.2, 0) is 79.9 Å². The Morgan fingerprint density at radius 1 is 0.731 bits per heavy atom. The Hall–Kier alpha value is -9.12. The number of phenolic OH excluding ortho intramolecular Hbond substituents is 1. The number of aromatic hydroxyl groups is 1. The number of nitrogens with one attached hydrogen (secondary N) is 1. The van der Waals surface area contributed by atoms with Crippen molar-refractivity contribution in [2.45, 2.75) is 141 Å². The first-order chi connectivity index (χ1) is 44.3. The number of ether oxygens (including phenoxy) is 9. The van der Waals surface area contributed by atoms with Gasteiger partial charge in [-0.25, -0.2) is 4.79 Å². The summed E-state index contributed by atoms with van der Waals surface area (Å²) in [6, 6.07) is 34.7. The van der Waals surface area contributed by atoms with Gasteiger partial charge in [-0.1, -0.05) is 129 Å². The van der Waals surface area contributed by atoms with Gasteiger partial charge in [-0.05, 0) is 89.2 Å². The van der Waals surface area contributed by atoms with Crippen LogP contribution in [0.1, 0.15) is 108 Å². The number of phenols is 1. The fourth-order valence-electron chi connectivity index (χ4n) is 13.3. The van der Waals surface area contributed by atoms with Crippen molar-refractivity contribution in [3.63, 3.8) is 0 Å². The molecule has 3 fully saturated rings. The summed E-state index contributed by atoms with van der Waals surface area (Å²) in [5.74, 6) is -7.61. The minimum absolute atomic E-state index is 0.0312. The monoisotopic (exact) mass is 1280 g/mol. The van der Waals surface area contributed by atoms with E-state index in [0.717, 1.165) is 12.5 Å². The van der Waals surface area contributed by atoms with E-state index in [1.165, 1.54) is 82.7 Å². The van der Waals surface area contributed by atoms with Crippen molar-refractivity contribution in [1.82, 2.24) is 5.32 Å². The maximum atomic E-state index is 15.9. The Morgan fingerprint density at radius 3 is 1.91 bits per heavy atom. The van der Waals surface area contributed by atoms with Gasteiger partial charge < -0.3 is 63.3 Å². The number of carbonyl (C=O) groups excluding carboxylic acids is 8. The SMILES string of the molecule is COc1cc(/C=C/C(=O)CC(=O)/C=C/c2ccc(OC(=O)CCC(=O)O[C@@H](C(=O)O[C@H]3C[C@@]4(O)[C@@H](OCc5ccccc5)[C@@H]5[C@]6(OC(C)=O)CO[C@@H]6C[C@H](O)[C@@]5(C)C(=O)[C@H](OC(C)=O)C(=C3C)C4(C)C)[C@@H](NCc3ccccc3)c3ccccc3)c(OC)c2)ccc1O. The third-order valence-electron chi connectivity index (χ3n) is 18.2. The van der Waals surface area contributed by atoms with E-state index >= 15 is 9.59 Å². The zero-order valence-corrected chi connectivity index (χ0v) is 53.0. The molecular weight excluding hydrogens is 1200 g/mol. The van der Waals surface area contributed by atoms with Crippen LogP contribution < -0.4 is 19.5 Å². The van der Waals surface area contributed by atoms with E-state index in [-0.39, 0.29) is 60.3 Å². The first-order valence-electron chi connectivity index (χ1n) is 30.5. The molecule has 1 saturated heterocycles. The molecule has 93 heavy (non-hydrogen) atoms. The van der Waals surface area contributed by atoms with Gasteiger partial charge in [-0.3, -0.25) is 33.6 Å². The maximum Gasteiger partial charge on any atom is 0.350 e. The first-order valence-corrected chi connectivity index (χ1v) is 30.5. The largest absolute Gasteiger partial charge is 0.504 e. The van der Waals surface area contributed by atoms with Crippen LogP contribution in [0.4, 0.5) is 0 Å². The Labute approximate surface area is 538 Å². The molecule has 5 aromatic rings. The van der Waals surface area contributed by atoms with Crippen LogP contribution in [0.3, 0.4) is 0 Å². The summed E-state index contributed by atoms with van der Waals surface area (Å²) < 4.78 is 54.2. The number of hydrogen-bond acceptors (Lipinski definition) is 21. The summed E-state index contributed by atoms with van der Waals surface area (Å²) in [5, 5.41) is 39.7. The molecule has 5 aromatic carbocycles. The van der Waals surface area contributed by atoms with Crippen LogP contribution >= 0.6 is 0 Å². The average Bonchev–Trinajstić information content (AvgIpc) is 0.671. The molecule has 3 aliphatic carbocycles. The van der Waals surface area contributed by atoms with E-state index in [1.54, 1.807) is 81.4 Å². The lowest BCUT2D eigenvalue weighted by Crippen LogP contribution is -2.81. The lowest BCUT2D eigenvalue weighted by atomic mass is 9.44. The Balaban J connectivity index is 1.00. The van der Waals surface area contributed by atoms with Gasteiger partial charge in [0, 0.05) is 44.6 Å². The van der Waals surface area contributed by atoms with E-state index in [1.807, 2.05) is 36.4 Å². The number of carbonyl (C=O) groups is 8. The van der Waals surface area contributed by atoms with Gasteiger partial charge >= 0.3 is 29.8 Å². The topological polar surface area (TPSA) is 292 Å². The molecule has 490 valence electrons. The van der Waals surface area contributed by atoms with E-state index in [2.05, 4.69) is 5.32 Å². The fourth-order valence-corrected chi connectivity index (χ4v) is 13.3. The van der Waals surface area contributed by atoms with E-state index in [0.29, 0.717) is 22.3 Å². The number of aliphatic hydroxyl groups is 2. The van der Waals surface area contributed by atoms with E-state index in [9.17, 15) is 44.1 Å². The predicted molar refractivity (Wildman–Crippen MR) is 336 cm³/mol. The van der Waals surface area contributed by atoms with Crippen molar-refractivity contribution >= 4 is 59.3 Å². The predicted octanol–water partition coefficient (Wildman–Crippen LogP) is 8.37. The Kier molecular flexibility index (Phi) is 21.1. The van der Waals surface area contributed by atoms with Crippen molar-refractivity contribution < 1.29 is 96.3 Å². The van der Waals surface area contributed by atoms with Crippen LogP contribution in [0.25, 0.3) is 12.2 Å². The van der Waals surface area contributed by atoms with Crippen molar-refractivity contribution in [3.8, 4) is 23.0 Å². The summed E-state index contributed by atoms with van der Waals surface area (Å²) >= 11 is 0. The number of fused-ring (bicyclic) bond motifs is 5. The standard InChI is InChI=1S/C72H77NO20/c1-42-56(38-72(84)67(87-40-48-20-14-10-15-21-48)65-70(6,57(79)37-58-71(65,41-88-58)93-44(3)75)66(82)63(89-43(2)74)61(42)69(72,4)5)91-68(83)64(62(49-22-16-11-17-23-49)73-39-47-18-12-9-13-19-47)92-60(81)33-32-59(80)90-53-31-27-46(35-55(53)86-8)25-29-51(77)36-50(76)28-24-45-26-30-52(78)54(34-45)85-7/h9-31,34-35,56-58,62-65,67,73,78-79,84H,32-33,36-41H2,1-8H3/b28-24+,29-25+/t56-,57-,58+,62-,63+,64+,65-,67-,70+,71-,72+/m0/s1. The number of Topliss-reactive ketones (excluding diaryl/α,β-unsaturated/α-hetero) is 1. The van der Waals surface area contributed by atoms with Gasteiger partial charge in [0.05, 0.1) is 70.4 Å². The fraction of sp³-hybridized carbons (Fsp3) is 0.389. The third-order valence-corrected chi connectivity index (χ3v) is 18.2. The summed E-state index contributed by atoms with van der Waals surface area (Å²) in [7, 11) is 2.73. The number of benzene rings is 5. The quantitative estimate of drug-likeness (QED) is 0.0106. The first kappa shape index (κ1) is 68.3. The van der Waals surface area contributed by atoms with Crippen LogP contribution in [0, 0.1) is 16.7 Å². The highest BCUT2D eigenvalue weighted by Gasteiger charge is 2.78. The molecule has 4 aliphatic rings. The molecule has 2 saturated carbocycles. The summed E-state index contributed by atoms with van der Waals surface area (Å²) in [5.41, 5.74) is -4.31. The summed E-state index contributed by atoms with van der Waals surface area (Å²) in [6.45, 7) is 8.41. The molecule has 21 nitrogen and oxygen atoms in total. The van der Waals surface area contributed by atoms with Gasteiger partial charge in [0.25, 0.3) is 0 Å². The van der Waals surface area contributed by atoms with Crippen molar-refractivity contribution in [2.24, 2.45) is 16.7 Å². The highest BCUT2D eigenvalue weighted by molar-refractivity contribution is 6.11. The van der Waals surface area contributed by atoms with Crippen LogP contribution in [-0.4, -0.2) is 131 Å². The number of aliphatic hydroxyl groups excluding tert-OH is 1. The van der Waals surface area contributed by atoms with Gasteiger partial charge in [-0.15, -0.1) is 0 Å². The molecule has 21 heteroatoms. The van der Waals surface area contributed by atoms with Gasteiger partial charge in [0.15, 0.2) is 52.1 Å². The second-order valence-electron chi connectivity index (χ2n) is 24.5. The molecule has 0 unspecified atom stereocenters. The molecule has 0 radical (unpaired) electrons. The minimum atomic E-state index is -2.26. The molecule has 1 heterocycles. The minimum Gasteiger partial charge on any atom is -0.504 e. The maximum absolute atomic E-state index is 15.9. The van der Waals surface area contributed by atoms with E-state index < -0.39 is 143 Å². The molecule has 2 bridgehead atoms. The van der Waals surface area contributed by atoms with Crippen LogP contribution in [0.2, 0.25) is 0 Å². The molecule has 0 aromatic heterocycles. The molecule has 1 aliphatic heterocycles. The molecule has 4 N–H and O–H groups in total. The summed E-state index contributed by atoms with van der Waals surface area (Å²) in [6.07, 6.45) is -6.01. The lowest BCUT2D eigenvalue weighted by Gasteiger charge is -2.67. The number of esters is 5. The second-order valence-corrected chi connectivity index (χ2v) is 24.5. The molecule has 9 rings (SSSR count). The van der Waals surface area contributed by atoms with Crippen molar-refractivity contribution in [1.29, 1.82) is 0 Å². The highest BCUT2D eigenvalue weighted by atomic mass is 16.6. The highest BCUT2D eigenvalue weighted by Crippen LogP contribution is 2.64. The lowest BCUT2D eigenvalue weighted by molar-refractivity contribution is -0.351. The Bertz CT molecular complexity index is 3710. The molecule has 11 atom stereocenters. The van der Waals surface area contributed by atoms with Crippen LogP contribution in [0.15, 0.2) is 151 Å². The van der Waals surface area contributed by atoms with Gasteiger partial charge in [0.2, 0.25) is 6.10 Å². The Morgan fingerprint density at radius 2 is 1.32 bits per heavy atom. The molecule has 0 spiro atoms.